The van der Waals surface area contributed by atoms with Crippen LogP contribution in [0.5, 0.6) is 5.75 Å². The maximum Gasteiger partial charge on any atom is 0.253 e. The van der Waals surface area contributed by atoms with Gasteiger partial charge >= 0.3 is 0 Å². The number of carbonyl (C=O) groups excluding carboxylic acids is 1. The molecule has 1 atom stereocenters. The number of aromatic nitrogens is 1. The summed E-state index contributed by atoms with van der Waals surface area (Å²) in [6.45, 7) is 1.95. The first kappa shape index (κ1) is 23.9. The summed E-state index contributed by atoms with van der Waals surface area (Å²) in [4.78, 5) is 19.0. The number of carbonyl (C=O) groups is 1. The van der Waals surface area contributed by atoms with Crippen LogP contribution >= 0.6 is 0 Å². The third kappa shape index (κ3) is 5.28. The monoisotopic (exact) mass is 471 g/mol. The van der Waals surface area contributed by atoms with Gasteiger partial charge in [-0.2, -0.15) is 5.26 Å². The fourth-order valence-corrected chi connectivity index (χ4v) is 4.13. The van der Waals surface area contributed by atoms with E-state index in [2.05, 4.69) is 43.3 Å². The maximum atomic E-state index is 12.3. The van der Waals surface area contributed by atoms with Gasteiger partial charge < -0.3 is 30.9 Å². The molecule has 35 heavy (non-hydrogen) atoms. The Kier molecular flexibility index (Phi) is 7.33. The highest BCUT2D eigenvalue weighted by atomic mass is 16.5. The number of nitrogens with one attached hydrogen (secondary N) is 4. The fraction of sp³-hybridized carbons (Fsp3) is 0.269. The summed E-state index contributed by atoms with van der Waals surface area (Å²) in [6.07, 6.45) is 2.60. The van der Waals surface area contributed by atoms with E-state index in [9.17, 15) is 10.1 Å². The van der Waals surface area contributed by atoms with Gasteiger partial charge in [-0.25, -0.2) is 4.98 Å². The van der Waals surface area contributed by atoms with Crippen molar-refractivity contribution in [3.05, 3.63) is 65.9 Å². The third-order valence-corrected chi connectivity index (χ3v) is 6.10. The minimum absolute atomic E-state index is 0.220. The minimum atomic E-state index is -0.220. The van der Waals surface area contributed by atoms with Crippen LogP contribution in [0.2, 0.25) is 0 Å². The SMILES string of the molecule is CNC(=O)c1ccccc1Nc1cc(Nc2ccc(N3CCC(NC)C3)cc2OC)ncc1C#N. The molecule has 0 radical (unpaired) electrons. The van der Waals surface area contributed by atoms with Crippen LogP contribution in [0.4, 0.5) is 28.6 Å². The van der Waals surface area contributed by atoms with Crippen molar-refractivity contribution in [1.82, 2.24) is 15.6 Å². The Morgan fingerprint density at radius 3 is 2.66 bits per heavy atom. The van der Waals surface area contributed by atoms with E-state index in [1.54, 1.807) is 38.4 Å². The molecule has 180 valence electrons. The number of pyridine rings is 1. The zero-order valence-corrected chi connectivity index (χ0v) is 20.1. The van der Waals surface area contributed by atoms with E-state index in [1.165, 1.54) is 6.20 Å². The molecule has 0 aliphatic carbocycles. The van der Waals surface area contributed by atoms with Gasteiger partial charge in [0.05, 0.1) is 35.3 Å². The van der Waals surface area contributed by atoms with Gasteiger partial charge in [0.1, 0.15) is 17.6 Å². The largest absolute Gasteiger partial charge is 0.494 e. The average Bonchev–Trinajstić information content (AvgIpc) is 3.38. The number of benzene rings is 2. The Morgan fingerprint density at radius 2 is 1.94 bits per heavy atom. The summed E-state index contributed by atoms with van der Waals surface area (Å²) in [6, 6.07) is 17.5. The maximum absolute atomic E-state index is 12.3. The first-order chi connectivity index (χ1) is 17.1. The zero-order valence-electron chi connectivity index (χ0n) is 20.1. The molecule has 1 unspecified atom stereocenters. The van der Waals surface area contributed by atoms with E-state index in [0.717, 1.165) is 30.9 Å². The van der Waals surface area contributed by atoms with E-state index < -0.39 is 0 Å². The molecule has 1 aliphatic rings. The van der Waals surface area contributed by atoms with Crippen LogP contribution in [0.1, 0.15) is 22.3 Å². The van der Waals surface area contributed by atoms with Crippen molar-refractivity contribution in [2.45, 2.75) is 12.5 Å². The highest BCUT2D eigenvalue weighted by Gasteiger charge is 2.22. The number of hydrogen-bond acceptors (Lipinski definition) is 8. The van der Waals surface area contributed by atoms with E-state index >= 15 is 0 Å². The van der Waals surface area contributed by atoms with E-state index in [1.807, 2.05) is 25.2 Å². The van der Waals surface area contributed by atoms with Crippen LogP contribution in [0.25, 0.3) is 0 Å². The number of hydrogen-bond donors (Lipinski definition) is 4. The van der Waals surface area contributed by atoms with Crippen LogP contribution in [-0.2, 0) is 0 Å². The number of anilines is 5. The van der Waals surface area contributed by atoms with Crippen molar-refractivity contribution in [3.8, 4) is 11.8 Å². The third-order valence-electron chi connectivity index (χ3n) is 6.10. The van der Waals surface area contributed by atoms with Gasteiger partial charge in [-0.1, -0.05) is 12.1 Å². The highest BCUT2D eigenvalue weighted by molar-refractivity contribution is 6.00. The molecule has 9 nitrogen and oxygen atoms in total. The molecule has 0 bridgehead atoms. The first-order valence-electron chi connectivity index (χ1n) is 11.4. The molecular weight excluding hydrogens is 442 g/mol. The van der Waals surface area contributed by atoms with Crippen LogP contribution in [0, 0.1) is 11.3 Å². The number of nitrogens with zero attached hydrogens (tertiary/aromatic N) is 3. The number of para-hydroxylation sites is 1. The second-order valence-electron chi connectivity index (χ2n) is 8.21. The van der Waals surface area contributed by atoms with Crippen LogP contribution in [0.15, 0.2) is 54.7 Å². The molecule has 1 aliphatic heterocycles. The Balaban J connectivity index is 1.59. The summed E-state index contributed by atoms with van der Waals surface area (Å²) in [7, 11) is 5.21. The molecule has 1 aromatic heterocycles. The van der Waals surface area contributed by atoms with Crippen molar-refractivity contribution < 1.29 is 9.53 Å². The lowest BCUT2D eigenvalue weighted by atomic mass is 10.1. The van der Waals surface area contributed by atoms with Crippen LogP contribution in [0.3, 0.4) is 0 Å². The van der Waals surface area contributed by atoms with Crippen LogP contribution < -0.4 is 30.9 Å². The topological polar surface area (TPSA) is 114 Å². The number of ether oxygens (including phenoxy) is 1. The molecule has 2 aromatic carbocycles. The number of likely N-dealkylation sites (N-methyl/N-ethyl adjacent to an activating group) is 1. The second kappa shape index (κ2) is 10.8. The van der Waals surface area contributed by atoms with Gasteiger partial charge in [-0.05, 0) is 37.7 Å². The predicted molar refractivity (Wildman–Crippen MR) is 138 cm³/mol. The Hall–Kier alpha value is -4.29. The summed E-state index contributed by atoms with van der Waals surface area (Å²) in [5.41, 5.74) is 3.82. The number of rotatable bonds is 8. The van der Waals surface area contributed by atoms with Crippen molar-refractivity contribution in [3.63, 3.8) is 0 Å². The van der Waals surface area contributed by atoms with Gasteiger partial charge in [0.2, 0.25) is 0 Å². The molecule has 2 heterocycles. The molecule has 1 fully saturated rings. The average molecular weight is 472 g/mol. The van der Waals surface area contributed by atoms with Crippen molar-refractivity contribution >= 4 is 34.5 Å². The standard InChI is InChI=1S/C26H29N7O2/c1-28-18-10-11-33(16-18)19-8-9-22(24(12-19)35-3)32-25-13-23(17(14-27)15-30-25)31-21-7-5-4-6-20(21)26(34)29-2/h4-9,12-13,15,18,28H,10-11,16H2,1-3H3,(H,29,34)(H2,30,31,32). The lowest BCUT2D eigenvalue weighted by Crippen LogP contribution is -2.29. The van der Waals surface area contributed by atoms with Gasteiger partial charge in [0.15, 0.2) is 0 Å². The molecule has 1 amide bonds. The van der Waals surface area contributed by atoms with Crippen molar-refractivity contribution in [2.75, 3.05) is 49.8 Å². The normalized spacial score (nSPS) is 14.8. The lowest BCUT2D eigenvalue weighted by molar-refractivity contribution is 0.0964. The fourth-order valence-electron chi connectivity index (χ4n) is 4.13. The molecule has 0 saturated carbocycles. The quantitative estimate of drug-likeness (QED) is 0.394. The first-order valence-corrected chi connectivity index (χ1v) is 11.4. The van der Waals surface area contributed by atoms with Gasteiger partial charge in [0.25, 0.3) is 5.91 Å². The molecule has 9 heteroatoms. The highest BCUT2D eigenvalue weighted by Crippen LogP contribution is 2.34. The van der Waals surface area contributed by atoms with E-state index in [-0.39, 0.29) is 5.91 Å². The summed E-state index contributed by atoms with van der Waals surface area (Å²) in [5.74, 6) is 1.01. The summed E-state index contributed by atoms with van der Waals surface area (Å²) >= 11 is 0. The Morgan fingerprint density at radius 1 is 1.11 bits per heavy atom. The Labute approximate surface area is 205 Å². The van der Waals surface area contributed by atoms with E-state index in [4.69, 9.17) is 4.74 Å². The minimum Gasteiger partial charge on any atom is -0.494 e. The summed E-state index contributed by atoms with van der Waals surface area (Å²) < 4.78 is 5.65. The summed E-state index contributed by atoms with van der Waals surface area (Å²) in [5, 5.41) is 22.1. The Bertz CT molecular complexity index is 1250. The van der Waals surface area contributed by atoms with Crippen molar-refractivity contribution in [1.29, 1.82) is 5.26 Å². The molecule has 0 spiro atoms. The lowest BCUT2D eigenvalue weighted by Gasteiger charge is -2.21. The molecule has 4 rings (SSSR count). The smallest absolute Gasteiger partial charge is 0.253 e. The molecular formula is C26H29N7O2. The van der Waals surface area contributed by atoms with Crippen LogP contribution in [-0.4, -0.2) is 51.2 Å². The molecule has 1 saturated heterocycles. The van der Waals surface area contributed by atoms with Gasteiger partial charge in [-0.3, -0.25) is 4.79 Å². The zero-order chi connectivity index (χ0) is 24.8. The molecule has 3 aromatic rings. The number of amides is 1. The molecule has 4 N–H and O–H groups in total. The van der Waals surface area contributed by atoms with Gasteiger partial charge in [-0.15, -0.1) is 0 Å². The second-order valence-corrected chi connectivity index (χ2v) is 8.21. The predicted octanol–water partition coefficient (Wildman–Crippen LogP) is 3.61. The van der Waals surface area contributed by atoms with Gasteiger partial charge in [0, 0.05) is 50.2 Å². The number of methoxy groups -OCH3 is 1. The number of nitriles is 1. The van der Waals surface area contributed by atoms with Crippen molar-refractivity contribution in [2.24, 2.45) is 0 Å². The van der Waals surface area contributed by atoms with E-state index in [0.29, 0.717) is 40.1 Å².